The number of aromatic nitrogens is 2. The Morgan fingerprint density at radius 1 is 1.88 bits per heavy atom. The van der Waals surface area contributed by atoms with Crippen molar-refractivity contribution >= 4 is 11.3 Å². The van der Waals surface area contributed by atoms with E-state index in [0.717, 1.165) is 11.4 Å². The predicted octanol–water partition coefficient (Wildman–Crippen LogP) is 1.07. The summed E-state index contributed by atoms with van der Waals surface area (Å²) in [6, 6.07) is 0. The largest absolute Gasteiger partial charge is 0.178 e. The topological polar surface area (TPSA) is 25.8 Å². The second kappa shape index (κ2) is 2.57. The molecule has 0 bridgehead atoms. The van der Waals surface area contributed by atoms with E-state index in [4.69, 9.17) is 0 Å². The third kappa shape index (κ3) is 1.13. The summed E-state index contributed by atoms with van der Waals surface area (Å²) in [6.45, 7) is 3.56. The number of rotatable bonds is 2. The van der Waals surface area contributed by atoms with E-state index in [1.165, 1.54) is 11.3 Å². The van der Waals surface area contributed by atoms with Crippen molar-refractivity contribution in [3.05, 3.63) is 23.2 Å². The van der Waals surface area contributed by atoms with Gasteiger partial charge in [-0.25, -0.2) is 0 Å². The Morgan fingerprint density at radius 3 is 3.25 bits per heavy atom. The summed E-state index contributed by atoms with van der Waals surface area (Å²) in [6.07, 6.45) is 2.61. The Morgan fingerprint density at radius 2 is 2.75 bits per heavy atom. The fourth-order valence-corrected chi connectivity index (χ4v) is 0.846. The average Bonchev–Trinajstić information content (AvgIpc) is 2.19. The summed E-state index contributed by atoms with van der Waals surface area (Å²) < 4.78 is 0. The van der Waals surface area contributed by atoms with Crippen LogP contribution in [0.2, 0.25) is 0 Å². The lowest BCUT2D eigenvalue weighted by molar-refractivity contribution is 1.01. The van der Waals surface area contributed by atoms with Gasteiger partial charge in [0.15, 0.2) is 5.51 Å². The van der Waals surface area contributed by atoms with Gasteiger partial charge in [0, 0.05) is 6.42 Å². The zero-order chi connectivity index (χ0) is 5.82. The SMILES string of the molecule is C=CCc1nn[c]s1. The molecule has 1 aromatic rings. The van der Waals surface area contributed by atoms with Crippen LogP contribution in [-0.4, -0.2) is 10.2 Å². The molecule has 3 heteroatoms. The Labute approximate surface area is 51.9 Å². The van der Waals surface area contributed by atoms with Crippen molar-refractivity contribution in [2.75, 3.05) is 0 Å². The maximum Gasteiger partial charge on any atom is 0.178 e. The molecule has 0 aliphatic heterocycles. The molecular weight excluding hydrogens is 120 g/mol. The summed E-state index contributed by atoms with van der Waals surface area (Å²) in [7, 11) is 0. The van der Waals surface area contributed by atoms with Gasteiger partial charge in [0.2, 0.25) is 0 Å². The van der Waals surface area contributed by atoms with Crippen LogP contribution in [0.1, 0.15) is 5.01 Å². The zero-order valence-corrected chi connectivity index (χ0v) is 5.11. The summed E-state index contributed by atoms with van der Waals surface area (Å²) >= 11 is 1.43. The number of hydrogen-bond donors (Lipinski definition) is 0. The minimum atomic E-state index is 0.807. The highest BCUT2D eigenvalue weighted by molar-refractivity contribution is 7.08. The van der Waals surface area contributed by atoms with E-state index < -0.39 is 0 Å². The summed E-state index contributed by atoms with van der Waals surface area (Å²) in [5.41, 5.74) is 2.65. The third-order valence-electron chi connectivity index (χ3n) is 0.685. The number of allylic oxidation sites excluding steroid dienone is 1. The van der Waals surface area contributed by atoms with Gasteiger partial charge in [0.1, 0.15) is 5.01 Å². The van der Waals surface area contributed by atoms with Gasteiger partial charge in [-0.2, -0.15) is 0 Å². The van der Waals surface area contributed by atoms with Crippen molar-refractivity contribution in [3.8, 4) is 0 Å². The molecule has 41 valence electrons. The average molecular weight is 125 g/mol. The zero-order valence-electron chi connectivity index (χ0n) is 4.29. The van der Waals surface area contributed by atoms with Gasteiger partial charge in [-0.1, -0.05) is 17.4 Å². The van der Waals surface area contributed by atoms with Crippen LogP contribution in [0.3, 0.4) is 0 Å². The summed E-state index contributed by atoms with van der Waals surface area (Å²) in [5, 5.41) is 8.26. The Balaban J connectivity index is 2.62. The van der Waals surface area contributed by atoms with E-state index in [9.17, 15) is 0 Å². The third-order valence-corrected chi connectivity index (χ3v) is 1.34. The van der Waals surface area contributed by atoms with Gasteiger partial charge >= 0.3 is 0 Å². The highest BCUT2D eigenvalue weighted by Gasteiger charge is 1.89. The molecule has 0 unspecified atom stereocenters. The highest BCUT2D eigenvalue weighted by Crippen LogP contribution is 2.00. The maximum atomic E-state index is 3.75. The molecule has 0 N–H and O–H groups in total. The minimum absolute atomic E-state index is 0.807. The maximum absolute atomic E-state index is 3.75. The molecule has 1 radical (unpaired) electrons. The summed E-state index contributed by atoms with van der Waals surface area (Å²) in [5.74, 6) is 0. The van der Waals surface area contributed by atoms with Crippen LogP contribution in [0.5, 0.6) is 0 Å². The van der Waals surface area contributed by atoms with Crippen molar-refractivity contribution in [1.29, 1.82) is 0 Å². The molecule has 1 aromatic heterocycles. The van der Waals surface area contributed by atoms with Crippen LogP contribution < -0.4 is 0 Å². The normalized spacial score (nSPS) is 9.00. The first kappa shape index (κ1) is 5.44. The molecule has 0 atom stereocenters. The Bertz CT molecular complexity index is 157. The fourth-order valence-electron chi connectivity index (χ4n) is 0.376. The molecule has 0 spiro atoms. The molecule has 2 nitrogen and oxygen atoms in total. The molecule has 0 aliphatic carbocycles. The van der Waals surface area contributed by atoms with Crippen LogP contribution >= 0.6 is 11.3 Å². The van der Waals surface area contributed by atoms with Gasteiger partial charge in [-0.15, -0.1) is 16.8 Å². The quantitative estimate of drug-likeness (QED) is 0.552. The first-order valence-electron chi connectivity index (χ1n) is 2.23. The van der Waals surface area contributed by atoms with E-state index in [-0.39, 0.29) is 0 Å². The van der Waals surface area contributed by atoms with Crippen molar-refractivity contribution in [2.24, 2.45) is 0 Å². The van der Waals surface area contributed by atoms with Crippen LogP contribution in [0, 0.1) is 5.51 Å². The number of hydrogen-bond acceptors (Lipinski definition) is 3. The van der Waals surface area contributed by atoms with E-state index in [1.54, 1.807) is 6.08 Å². The lowest BCUT2D eigenvalue weighted by Gasteiger charge is -1.77. The van der Waals surface area contributed by atoms with Gasteiger partial charge in [0.05, 0.1) is 0 Å². The number of nitrogens with zero attached hydrogens (tertiary/aromatic N) is 2. The lowest BCUT2D eigenvalue weighted by atomic mass is 10.5. The van der Waals surface area contributed by atoms with Crippen molar-refractivity contribution in [3.63, 3.8) is 0 Å². The standard InChI is InChI=1S/C5H5N2S/c1-2-3-5-7-6-4-8-5/h2H,1,3H2. The second-order valence-corrected chi connectivity index (χ2v) is 2.14. The predicted molar refractivity (Wildman–Crippen MR) is 32.6 cm³/mol. The lowest BCUT2D eigenvalue weighted by Crippen LogP contribution is -1.76. The van der Waals surface area contributed by atoms with Crippen LogP contribution in [0.15, 0.2) is 12.7 Å². The van der Waals surface area contributed by atoms with E-state index in [0.29, 0.717) is 0 Å². The van der Waals surface area contributed by atoms with Gasteiger partial charge in [-0.3, -0.25) is 0 Å². The molecule has 0 saturated carbocycles. The molecule has 1 rings (SSSR count). The molecular formula is C5H5N2S. The molecule has 0 fully saturated rings. The van der Waals surface area contributed by atoms with Crippen LogP contribution in [0.25, 0.3) is 0 Å². The van der Waals surface area contributed by atoms with Crippen molar-refractivity contribution < 1.29 is 0 Å². The van der Waals surface area contributed by atoms with E-state index >= 15 is 0 Å². The smallest absolute Gasteiger partial charge is 0.143 e. The highest BCUT2D eigenvalue weighted by atomic mass is 32.1. The minimum Gasteiger partial charge on any atom is -0.143 e. The molecule has 1 heterocycles. The molecule has 0 aliphatic rings. The van der Waals surface area contributed by atoms with Gasteiger partial charge in [-0.05, 0) is 0 Å². The molecule has 8 heavy (non-hydrogen) atoms. The first-order valence-corrected chi connectivity index (χ1v) is 3.04. The van der Waals surface area contributed by atoms with Gasteiger partial charge < -0.3 is 0 Å². The summed E-state index contributed by atoms with van der Waals surface area (Å²) in [4.78, 5) is 0. The van der Waals surface area contributed by atoms with Crippen LogP contribution in [0.4, 0.5) is 0 Å². The van der Waals surface area contributed by atoms with E-state index in [2.05, 4.69) is 22.3 Å². The molecule has 0 aromatic carbocycles. The van der Waals surface area contributed by atoms with Crippen LogP contribution in [-0.2, 0) is 6.42 Å². The first-order chi connectivity index (χ1) is 3.93. The fraction of sp³-hybridized carbons (Fsp3) is 0.200. The second-order valence-electron chi connectivity index (χ2n) is 1.28. The monoisotopic (exact) mass is 125 g/mol. The Kier molecular flexibility index (Phi) is 1.75. The molecule has 0 saturated heterocycles. The van der Waals surface area contributed by atoms with Crippen molar-refractivity contribution in [2.45, 2.75) is 6.42 Å². The van der Waals surface area contributed by atoms with E-state index in [1.807, 2.05) is 0 Å². The Hall–Kier alpha value is -0.700. The van der Waals surface area contributed by atoms with Gasteiger partial charge in [0.25, 0.3) is 0 Å². The van der Waals surface area contributed by atoms with Crippen molar-refractivity contribution in [1.82, 2.24) is 10.2 Å². The molecule has 0 amide bonds.